The van der Waals surface area contributed by atoms with Crippen LogP contribution in [0.25, 0.3) is 10.9 Å². The summed E-state index contributed by atoms with van der Waals surface area (Å²) < 4.78 is 0. The fourth-order valence-corrected chi connectivity index (χ4v) is 2.26. The van der Waals surface area contributed by atoms with Crippen molar-refractivity contribution >= 4 is 28.2 Å². The molecule has 106 valence electrons. The molecular weight excluding hydrogens is 262 g/mol. The van der Waals surface area contributed by atoms with Crippen molar-refractivity contribution in [3.8, 4) is 0 Å². The van der Waals surface area contributed by atoms with E-state index >= 15 is 0 Å². The molecule has 2 aromatic carbocycles. The quantitative estimate of drug-likeness (QED) is 0.771. The molecule has 0 aliphatic rings. The summed E-state index contributed by atoms with van der Waals surface area (Å²) in [6.07, 6.45) is 1.87. The molecule has 21 heavy (non-hydrogen) atoms. The third-order valence-corrected chi connectivity index (χ3v) is 3.44. The van der Waals surface area contributed by atoms with E-state index in [4.69, 9.17) is 0 Å². The van der Waals surface area contributed by atoms with E-state index in [-0.39, 0.29) is 5.91 Å². The zero-order valence-electron chi connectivity index (χ0n) is 12.1. The molecule has 1 aromatic heterocycles. The molecule has 0 spiro atoms. The molecule has 3 rings (SSSR count). The highest BCUT2D eigenvalue weighted by Gasteiger charge is 2.08. The highest BCUT2D eigenvalue weighted by molar-refractivity contribution is 6.06. The maximum absolute atomic E-state index is 12.3. The Labute approximate surface area is 123 Å². The second-order valence-electron chi connectivity index (χ2n) is 5.18. The van der Waals surface area contributed by atoms with E-state index in [0.717, 1.165) is 22.3 Å². The summed E-state index contributed by atoms with van der Waals surface area (Å²) in [6, 6.07) is 15.4. The zero-order chi connectivity index (χ0) is 14.8. The van der Waals surface area contributed by atoms with Crippen LogP contribution in [0.5, 0.6) is 0 Å². The van der Waals surface area contributed by atoms with Crippen LogP contribution in [0.4, 0.5) is 11.4 Å². The van der Waals surface area contributed by atoms with Crippen molar-refractivity contribution in [1.29, 1.82) is 0 Å². The minimum absolute atomic E-state index is 0.103. The Kier molecular flexibility index (Phi) is 3.36. The number of anilines is 2. The lowest BCUT2D eigenvalue weighted by atomic mass is 10.1. The van der Waals surface area contributed by atoms with Gasteiger partial charge in [0.05, 0.1) is 0 Å². The molecule has 0 aliphatic heterocycles. The fourth-order valence-electron chi connectivity index (χ4n) is 2.26. The van der Waals surface area contributed by atoms with Gasteiger partial charge >= 0.3 is 0 Å². The van der Waals surface area contributed by atoms with E-state index in [1.54, 1.807) is 0 Å². The van der Waals surface area contributed by atoms with Gasteiger partial charge in [-0.1, -0.05) is 6.07 Å². The van der Waals surface area contributed by atoms with E-state index in [9.17, 15) is 4.79 Å². The molecule has 1 amide bonds. The van der Waals surface area contributed by atoms with Crippen LogP contribution < -0.4 is 10.2 Å². The van der Waals surface area contributed by atoms with E-state index in [2.05, 4.69) is 10.3 Å². The molecule has 0 atom stereocenters. The van der Waals surface area contributed by atoms with Gasteiger partial charge in [0, 0.05) is 48.1 Å². The van der Waals surface area contributed by atoms with Gasteiger partial charge in [0.15, 0.2) is 0 Å². The SMILES string of the molecule is CN(C)c1cccc(NC(=O)c2ccc3[nH]ccc3c2)c1. The number of aromatic amines is 1. The Hall–Kier alpha value is -2.75. The smallest absolute Gasteiger partial charge is 0.255 e. The number of aromatic nitrogens is 1. The topological polar surface area (TPSA) is 48.1 Å². The maximum Gasteiger partial charge on any atom is 0.255 e. The molecule has 1 heterocycles. The van der Waals surface area contributed by atoms with Gasteiger partial charge < -0.3 is 15.2 Å². The van der Waals surface area contributed by atoms with Gasteiger partial charge in [-0.25, -0.2) is 0 Å². The Balaban J connectivity index is 1.83. The number of nitrogens with one attached hydrogen (secondary N) is 2. The zero-order valence-corrected chi connectivity index (χ0v) is 12.1. The number of hydrogen-bond acceptors (Lipinski definition) is 2. The molecule has 0 radical (unpaired) electrons. The summed E-state index contributed by atoms with van der Waals surface area (Å²) in [6.45, 7) is 0. The number of rotatable bonds is 3. The van der Waals surface area contributed by atoms with Gasteiger partial charge in [0.25, 0.3) is 5.91 Å². The summed E-state index contributed by atoms with van der Waals surface area (Å²) in [4.78, 5) is 17.4. The van der Waals surface area contributed by atoms with Crippen molar-refractivity contribution < 1.29 is 4.79 Å². The molecule has 0 aliphatic carbocycles. The first-order valence-corrected chi connectivity index (χ1v) is 6.79. The standard InChI is InChI=1S/C17H17N3O/c1-20(2)15-5-3-4-14(11-15)19-17(21)13-6-7-16-12(10-13)8-9-18-16/h3-11,18H,1-2H3,(H,19,21). The van der Waals surface area contributed by atoms with Crippen LogP contribution >= 0.6 is 0 Å². The van der Waals surface area contributed by atoms with Gasteiger partial charge in [0.1, 0.15) is 0 Å². The summed E-state index contributed by atoms with van der Waals surface area (Å²) in [5, 5.41) is 3.97. The molecule has 4 nitrogen and oxygen atoms in total. The van der Waals surface area contributed by atoms with Crippen LogP contribution in [0.3, 0.4) is 0 Å². The van der Waals surface area contributed by atoms with Crippen molar-refractivity contribution in [2.24, 2.45) is 0 Å². The van der Waals surface area contributed by atoms with E-state index in [1.165, 1.54) is 0 Å². The molecular formula is C17H17N3O. The molecule has 0 fully saturated rings. The predicted molar refractivity (Wildman–Crippen MR) is 87.0 cm³/mol. The minimum Gasteiger partial charge on any atom is -0.378 e. The van der Waals surface area contributed by atoms with Gasteiger partial charge in [-0.15, -0.1) is 0 Å². The van der Waals surface area contributed by atoms with Crippen molar-refractivity contribution in [3.63, 3.8) is 0 Å². The number of hydrogen-bond donors (Lipinski definition) is 2. The van der Waals surface area contributed by atoms with Crippen LogP contribution in [0.15, 0.2) is 54.7 Å². The number of nitrogens with zero attached hydrogens (tertiary/aromatic N) is 1. The van der Waals surface area contributed by atoms with Crippen molar-refractivity contribution in [1.82, 2.24) is 4.98 Å². The molecule has 0 saturated heterocycles. The fraction of sp³-hybridized carbons (Fsp3) is 0.118. The summed E-state index contributed by atoms with van der Waals surface area (Å²) >= 11 is 0. The monoisotopic (exact) mass is 279 g/mol. The number of carbonyl (C=O) groups excluding carboxylic acids is 1. The van der Waals surface area contributed by atoms with Gasteiger partial charge in [-0.05, 0) is 42.5 Å². The summed E-state index contributed by atoms with van der Waals surface area (Å²) in [5.74, 6) is -0.103. The van der Waals surface area contributed by atoms with Crippen molar-refractivity contribution in [2.75, 3.05) is 24.3 Å². The molecule has 0 bridgehead atoms. The van der Waals surface area contributed by atoms with Gasteiger partial charge in [-0.2, -0.15) is 0 Å². The number of benzene rings is 2. The Bertz CT molecular complexity index is 789. The Morgan fingerprint density at radius 2 is 1.95 bits per heavy atom. The third-order valence-electron chi connectivity index (χ3n) is 3.44. The van der Waals surface area contributed by atoms with Crippen LogP contribution in [0.1, 0.15) is 10.4 Å². The van der Waals surface area contributed by atoms with Gasteiger partial charge in [0.2, 0.25) is 0 Å². The van der Waals surface area contributed by atoms with Crippen LogP contribution in [-0.2, 0) is 0 Å². The van der Waals surface area contributed by atoms with Crippen LogP contribution in [-0.4, -0.2) is 25.0 Å². The van der Waals surface area contributed by atoms with E-state index in [1.807, 2.05) is 73.7 Å². The molecule has 2 N–H and O–H groups in total. The third kappa shape index (κ3) is 2.74. The average Bonchev–Trinajstić information content (AvgIpc) is 2.94. The van der Waals surface area contributed by atoms with E-state index in [0.29, 0.717) is 5.56 Å². The summed E-state index contributed by atoms with van der Waals surface area (Å²) in [7, 11) is 3.95. The largest absolute Gasteiger partial charge is 0.378 e. The molecule has 4 heteroatoms. The number of carbonyl (C=O) groups is 1. The second kappa shape index (κ2) is 5.32. The first-order valence-electron chi connectivity index (χ1n) is 6.79. The van der Waals surface area contributed by atoms with Crippen LogP contribution in [0.2, 0.25) is 0 Å². The molecule has 0 saturated carbocycles. The van der Waals surface area contributed by atoms with Crippen molar-refractivity contribution in [3.05, 3.63) is 60.3 Å². The lowest BCUT2D eigenvalue weighted by Crippen LogP contribution is -2.13. The Morgan fingerprint density at radius 3 is 2.76 bits per heavy atom. The Morgan fingerprint density at radius 1 is 1.10 bits per heavy atom. The lowest BCUT2D eigenvalue weighted by molar-refractivity contribution is 0.102. The highest BCUT2D eigenvalue weighted by Crippen LogP contribution is 2.19. The molecule has 3 aromatic rings. The predicted octanol–water partition coefficient (Wildman–Crippen LogP) is 3.49. The maximum atomic E-state index is 12.3. The lowest BCUT2D eigenvalue weighted by Gasteiger charge is -2.14. The second-order valence-corrected chi connectivity index (χ2v) is 5.18. The average molecular weight is 279 g/mol. The minimum atomic E-state index is -0.103. The van der Waals surface area contributed by atoms with E-state index < -0.39 is 0 Å². The number of amides is 1. The first kappa shape index (κ1) is 13.2. The normalized spacial score (nSPS) is 10.6. The van der Waals surface area contributed by atoms with Crippen molar-refractivity contribution in [2.45, 2.75) is 0 Å². The van der Waals surface area contributed by atoms with Crippen LogP contribution in [0, 0.1) is 0 Å². The summed E-state index contributed by atoms with van der Waals surface area (Å²) in [5.41, 5.74) is 3.52. The number of fused-ring (bicyclic) bond motifs is 1. The molecule has 0 unspecified atom stereocenters. The highest BCUT2D eigenvalue weighted by atomic mass is 16.1. The number of H-pyrrole nitrogens is 1. The first-order chi connectivity index (χ1) is 10.1. The van der Waals surface area contributed by atoms with Gasteiger partial charge in [-0.3, -0.25) is 4.79 Å².